The zero-order valence-corrected chi connectivity index (χ0v) is 10.3. The van der Waals surface area contributed by atoms with E-state index < -0.39 is 0 Å². The summed E-state index contributed by atoms with van der Waals surface area (Å²) in [5, 5.41) is 3.45. The summed E-state index contributed by atoms with van der Waals surface area (Å²) in [4.78, 5) is 2.55. The molecule has 1 aliphatic rings. The highest BCUT2D eigenvalue weighted by Crippen LogP contribution is 2.32. The van der Waals surface area contributed by atoms with E-state index in [0.29, 0.717) is 5.41 Å². The van der Waals surface area contributed by atoms with Crippen LogP contribution >= 0.6 is 0 Å². The Morgan fingerprint density at radius 1 is 1.21 bits per heavy atom. The van der Waals surface area contributed by atoms with Crippen molar-refractivity contribution in [3.8, 4) is 0 Å². The van der Waals surface area contributed by atoms with Crippen LogP contribution in [0, 0.1) is 11.3 Å². The molecule has 1 aliphatic heterocycles. The normalized spacial score (nSPS) is 19.7. The van der Waals surface area contributed by atoms with E-state index in [1.165, 1.54) is 26.1 Å². The summed E-state index contributed by atoms with van der Waals surface area (Å²) in [5.41, 5.74) is 0.507. The molecule has 1 N–H and O–H groups in total. The monoisotopic (exact) mass is 198 g/mol. The minimum atomic E-state index is 0.507. The molecule has 1 saturated heterocycles. The first-order chi connectivity index (χ1) is 6.54. The largest absolute Gasteiger partial charge is 0.315 e. The molecule has 1 rings (SSSR count). The molecule has 0 atom stereocenters. The number of nitrogens with one attached hydrogen (secondary N) is 1. The van der Waals surface area contributed by atoms with Crippen LogP contribution in [0.25, 0.3) is 0 Å². The second kappa shape index (κ2) is 5.13. The van der Waals surface area contributed by atoms with Gasteiger partial charge in [-0.1, -0.05) is 27.7 Å². The van der Waals surface area contributed by atoms with Gasteiger partial charge in [-0.3, -0.25) is 0 Å². The Balaban J connectivity index is 1.99. The molecule has 1 heterocycles. The molecule has 0 spiro atoms. The number of likely N-dealkylation sites (tertiary alicyclic amines) is 1. The standard InChI is InChI=1S/C12H26N2/c1-5-6-13-7-8-14-9-11(10-14)12(2,3)4/h11,13H,5-10H2,1-4H3. The van der Waals surface area contributed by atoms with Crippen molar-refractivity contribution in [2.24, 2.45) is 11.3 Å². The summed E-state index contributed by atoms with van der Waals surface area (Å²) in [6.07, 6.45) is 1.24. The second-order valence-corrected chi connectivity index (χ2v) is 5.57. The van der Waals surface area contributed by atoms with E-state index in [1.54, 1.807) is 0 Å². The summed E-state index contributed by atoms with van der Waals surface area (Å²) in [6.45, 7) is 15.4. The minimum Gasteiger partial charge on any atom is -0.315 e. The molecular formula is C12H26N2. The maximum atomic E-state index is 3.45. The Labute approximate surface area is 89.1 Å². The Kier molecular flexibility index (Phi) is 4.39. The Morgan fingerprint density at radius 2 is 1.86 bits per heavy atom. The number of rotatable bonds is 5. The van der Waals surface area contributed by atoms with Gasteiger partial charge in [0, 0.05) is 26.2 Å². The lowest BCUT2D eigenvalue weighted by Crippen LogP contribution is -2.53. The van der Waals surface area contributed by atoms with Gasteiger partial charge in [-0.15, -0.1) is 0 Å². The smallest absolute Gasteiger partial charge is 0.0107 e. The van der Waals surface area contributed by atoms with Crippen LogP contribution in [0.1, 0.15) is 34.1 Å². The van der Waals surface area contributed by atoms with Gasteiger partial charge in [-0.25, -0.2) is 0 Å². The quantitative estimate of drug-likeness (QED) is 0.679. The van der Waals surface area contributed by atoms with Crippen LogP contribution in [-0.2, 0) is 0 Å². The Bertz CT molecular complexity index is 154. The molecule has 14 heavy (non-hydrogen) atoms. The summed E-state index contributed by atoms with van der Waals surface area (Å²) in [5.74, 6) is 0.911. The van der Waals surface area contributed by atoms with Crippen LogP contribution in [-0.4, -0.2) is 37.6 Å². The number of nitrogens with zero attached hydrogens (tertiary/aromatic N) is 1. The first-order valence-electron chi connectivity index (χ1n) is 5.97. The lowest BCUT2D eigenvalue weighted by atomic mass is 9.76. The third kappa shape index (κ3) is 3.58. The zero-order valence-electron chi connectivity index (χ0n) is 10.3. The maximum Gasteiger partial charge on any atom is 0.0107 e. The molecule has 2 nitrogen and oxygen atoms in total. The molecule has 84 valence electrons. The molecule has 1 fully saturated rings. The third-order valence-corrected chi connectivity index (χ3v) is 3.21. The van der Waals surface area contributed by atoms with Gasteiger partial charge >= 0.3 is 0 Å². The van der Waals surface area contributed by atoms with Crippen LogP contribution in [0.15, 0.2) is 0 Å². The van der Waals surface area contributed by atoms with E-state index in [1.807, 2.05) is 0 Å². The highest BCUT2D eigenvalue weighted by atomic mass is 15.2. The summed E-state index contributed by atoms with van der Waals surface area (Å²) < 4.78 is 0. The number of hydrogen-bond donors (Lipinski definition) is 1. The molecule has 0 aliphatic carbocycles. The highest BCUT2D eigenvalue weighted by Gasteiger charge is 2.34. The predicted octanol–water partition coefficient (Wildman–Crippen LogP) is 1.96. The van der Waals surface area contributed by atoms with Crippen molar-refractivity contribution in [3.63, 3.8) is 0 Å². The first-order valence-corrected chi connectivity index (χ1v) is 5.97. The Morgan fingerprint density at radius 3 is 2.36 bits per heavy atom. The van der Waals surface area contributed by atoms with Gasteiger partial charge in [-0.2, -0.15) is 0 Å². The van der Waals surface area contributed by atoms with E-state index in [2.05, 4.69) is 37.9 Å². The molecule has 2 heteroatoms. The predicted molar refractivity (Wildman–Crippen MR) is 62.5 cm³/mol. The lowest BCUT2D eigenvalue weighted by molar-refractivity contribution is 0.0260. The van der Waals surface area contributed by atoms with E-state index in [9.17, 15) is 0 Å². The van der Waals surface area contributed by atoms with E-state index in [0.717, 1.165) is 19.0 Å². The molecule has 0 saturated carbocycles. The van der Waals surface area contributed by atoms with Crippen LogP contribution in [0.4, 0.5) is 0 Å². The van der Waals surface area contributed by atoms with Gasteiger partial charge in [0.1, 0.15) is 0 Å². The SMILES string of the molecule is CCCNCCN1CC(C(C)(C)C)C1. The molecular weight excluding hydrogens is 172 g/mol. The van der Waals surface area contributed by atoms with Crippen molar-refractivity contribution in [2.45, 2.75) is 34.1 Å². The van der Waals surface area contributed by atoms with Crippen LogP contribution in [0.5, 0.6) is 0 Å². The fourth-order valence-corrected chi connectivity index (χ4v) is 1.84. The summed E-state index contributed by atoms with van der Waals surface area (Å²) in [7, 11) is 0. The van der Waals surface area contributed by atoms with Crippen LogP contribution in [0.2, 0.25) is 0 Å². The minimum absolute atomic E-state index is 0.507. The Hall–Kier alpha value is -0.0800. The lowest BCUT2D eigenvalue weighted by Gasteiger charge is -2.46. The fraction of sp³-hybridized carbons (Fsp3) is 1.00. The van der Waals surface area contributed by atoms with Crippen molar-refractivity contribution >= 4 is 0 Å². The van der Waals surface area contributed by atoms with Crippen molar-refractivity contribution in [3.05, 3.63) is 0 Å². The average molecular weight is 198 g/mol. The van der Waals surface area contributed by atoms with Crippen molar-refractivity contribution in [2.75, 3.05) is 32.7 Å². The summed E-state index contributed by atoms with van der Waals surface area (Å²) in [6, 6.07) is 0. The van der Waals surface area contributed by atoms with Gasteiger partial charge in [0.25, 0.3) is 0 Å². The van der Waals surface area contributed by atoms with Gasteiger partial charge in [-0.05, 0) is 24.3 Å². The molecule has 0 aromatic carbocycles. The van der Waals surface area contributed by atoms with Gasteiger partial charge in [0.05, 0.1) is 0 Å². The molecule has 0 aromatic rings. The second-order valence-electron chi connectivity index (χ2n) is 5.57. The van der Waals surface area contributed by atoms with Crippen LogP contribution < -0.4 is 5.32 Å². The van der Waals surface area contributed by atoms with E-state index >= 15 is 0 Å². The molecule has 0 amide bonds. The van der Waals surface area contributed by atoms with Gasteiger partial charge in [0.2, 0.25) is 0 Å². The maximum absolute atomic E-state index is 3.45. The zero-order chi connectivity index (χ0) is 10.6. The van der Waals surface area contributed by atoms with Crippen molar-refractivity contribution in [1.29, 1.82) is 0 Å². The number of hydrogen-bond acceptors (Lipinski definition) is 2. The first kappa shape index (κ1) is 12.0. The summed E-state index contributed by atoms with van der Waals surface area (Å²) >= 11 is 0. The van der Waals surface area contributed by atoms with Gasteiger partial charge in [0.15, 0.2) is 0 Å². The highest BCUT2D eigenvalue weighted by molar-refractivity contribution is 4.87. The third-order valence-electron chi connectivity index (χ3n) is 3.21. The van der Waals surface area contributed by atoms with Gasteiger partial charge < -0.3 is 10.2 Å². The molecule has 0 bridgehead atoms. The van der Waals surface area contributed by atoms with Crippen molar-refractivity contribution < 1.29 is 0 Å². The fourth-order valence-electron chi connectivity index (χ4n) is 1.84. The topological polar surface area (TPSA) is 15.3 Å². The van der Waals surface area contributed by atoms with E-state index in [-0.39, 0.29) is 0 Å². The molecule has 0 unspecified atom stereocenters. The van der Waals surface area contributed by atoms with E-state index in [4.69, 9.17) is 0 Å². The van der Waals surface area contributed by atoms with Crippen LogP contribution in [0.3, 0.4) is 0 Å². The molecule has 0 radical (unpaired) electrons. The average Bonchev–Trinajstić information content (AvgIpc) is 1.98. The van der Waals surface area contributed by atoms with Crippen molar-refractivity contribution in [1.82, 2.24) is 10.2 Å². The molecule has 0 aromatic heterocycles.